The van der Waals surface area contributed by atoms with Crippen LogP contribution in [-0.2, 0) is 4.79 Å². The van der Waals surface area contributed by atoms with Crippen molar-refractivity contribution in [3.63, 3.8) is 0 Å². The molecule has 3 rings (SSSR count). The number of anilines is 1. The third-order valence-electron chi connectivity index (χ3n) is 4.19. The van der Waals surface area contributed by atoms with Crippen molar-refractivity contribution in [1.82, 2.24) is 24.5 Å². The Morgan fingerprint density at radius 1 is 1.15 bits per heavy atom. The SMILES string of the molecule is CCC(=O)Nc1ccc(-c2nc3nc(C(=O)N(C)C)cc(C)n3n2)c(C)c1. The molecular weight excluding hydrogens is 344 g/mol. The Labute approximate surface area is 157 Å². The predicted octanol–water partition coefficient (Wildman–Crippen LogP) is 2.46. The van der Waals surface area contributed by atoms with E-state index in [4.69, 9.17) is 0 Å². The zero-order valence-electron chi connectivity index (χ0n) is 16.1. The number of carbonyl (C=O) groups excluding carboxylic acids is 2. The van der Waals surface area contributed by atoms with E-state index in [2.05, 4.69) is 20.4 Å². The summed E-state index contributed by atoms with van der Waals surface area (Å²) in [5.74, 6) is 0.673. The van der Waals surface area contributed by atoms with Crippen molar-refractivity contribution >= 4 is 23.3 Å². The fraction of sp³-hybridized carbons (Fsp3) is 0.316. The minimum Gasteiger partial charge on any atom is -0.343 e. The average molecular weight is 366 g/mol. The molecule has 1 aromatic carbocycles. The van der Waals surface area contributed by atoms with Gasteiger partial charge in [0.1, 0.15) is 5.69 Å². The molecule has 0 bridgehead atoms. The molecule has 0 unspecified atom stereocenters. The number of nitrogens with one attached hydrogen (secondary N) is 1. The summed E-state index contributed by atoms with van der Waals surface area (Å²) in [6.07, 6.45) is 0.424. The highest BCUT2D eigenvalue weighted by molar-refractivity contribution is 5.92. The second-order valence-electron chi connectivity index (χ2n) is 6.56. The van der Waals surface area contributed by atoms with E-state index in [1.807, 2.05) is 39.0 Å². The van der Waals surface area contributed by atoms with Crippen molar-refractivity contribution in [2.24, 2.45) is 0 Å². The molecule has 3 aromatic rings. The molecule has 0 radical (unpaired) electrons. The zero-order chi connectivity index (χ0) is 19.7. The van der Waals surface area contributed by atoms with Gasteiger partial charge in [-0.3, -0.25) is 9.59 Å². The van der Waals surface area contributed by atoms with Crippen LogP contribution in [0.1, 0.15) is 35.1 Å². The number of aromatic nitrogens is 4. The second kappa shape index (κ2) is 7.14. The molecule has 8 heteroatoms. The minimum absolute atomic E-state index is 0.0362. The predicted molar refractivity (Wildman–Crippen MR) is 103 cm³/mol. The Kier molecular flexibility index (Phi) is 4.89. The smallest absolute Gasteiger partial charge is 0.272 e. The topological polar surface area (TPSA) is 92.5 Å². The summed E-state index contributed by atoms with van der Waals surface area (Å²) in [4.78, 5) is 34.1. The lowest BCUT2D eigenvalue weighted by Crippen LogP contribution is -2.23. The number of carbonyl (C=O) groups is 2. The first-order valence-electron chi connectivity index (χ1n) is 8.67. The molecule has 8 nitrogen and oxygen atoms in total. The molecule has 0 aliphatic rings. The Bertz CT molecular complexity index is 1040. The standard InChI is InChI=1S/C19H22N6O2/c1-6-16(26)20-13-7-8-14(11(2)9-13)17-22-19-21-15(18(27)24(4)5)10-12(3)25(19)23-17/h7-10H,6H2,1-5H3,(H,20,26). The molecule has 0 saturated heterocycles. The number of aryl methyl sites for hydroxylation is 2. The molecule has 1 N–H and O–H groups in total. The lowest BCUT2D eigenvalue weighted by Gasteiger charge is -2.09. The van der Waals surface area contributed by atoms with Crippen LogP contribution in [0.25, 0.3) is 17.2 Å². The Morgan fingerprint density at radius 2 is 1.89 bits per heavy atom. The normalized spacial score (nSPS) is 10.9. The average Bonchev–Trinajstić information content (AvgIpc) is 3.05. The van der Waals surface area contributed by atoms with E-state index >= 15 is 0 Å². The van der Waals surface area contributed by atoms with E-state index in [1.165, 1.54) is 4.90 Å². The molecule has 2 amide bonds. The van der Waals surface area contributed by atoms with Crippen LogP contribution < -0.4 is 5.32 Å². The third kappa shape index (κ3) is 3.64. The van der Waals surface area contributed by atoms with Crippen molar-refractivity contribution in [2.75, 3.05) is 19.4 Å². The van der Waals surface area contributed by atoms with Crippen molar-refractivity contribution < 1.29 is 9.59 Å². The van der Waals surface area contributed by atoms with Gasteiger partial charge in [-0.05, 0) is 43.7 Å². The Morgan fingerprint density at radius 3 is 2.52 bits per heavy atom. The number of amides is 2. The molecule has 0 fully saturated rings. The number of rotatable bonds is 4. The van der Waals surface area contributed by atoms with Gasteiger partial charge in [0.05, 0.1) is 0 Å². The molecule has 0 aliphatic heterocycles. The summed E-state index contributed by atoms with van der Waals surface area (Å²) < 4.78 is 1.62. The fourth-order valence-corrected chi connectivity index (χ4v) is 2.71. The molecule has 0 atom stereocenters. The van der Waals surface area contributed by atoms with Gasteiger partial charge in [0.25, 0.3) is 11.7 Å². The maximum atomic E-state index is 12.2. The van der Waals surface area contributed by atoms with Gasteiger partial charge < -0.3 is 10.2 Å². The summed E-state index contributed by atoms with van der Waals surface area (Å²) >= 11 is 0. The molecule has 0 saturated carbocycles. The molecule has 27 heavy (non-hydrogen) atoms. The fourth-order valence-electron chi connectivity index (χ4n) is 2.71. The molecular formula is C19H22N6O2. The number of hydrogen-bond acceptors (Lipinski definition) is 5. The number of hydrogen-bond donors (Lipinski definition) is 1. The quantitative estimate of drug-likeness (QED) is 0.766. The van der Waals surface area contributed by atoms with Crippen molar-refractivity contribution in [3.8, 4) is 11.4 Å². The summed E-state index contributed by atoms with van der Waals surface area (Å²) in [6, 6.07) is 7.28. The van der Waals surface area contributed by atoms with E-state index in [0.29, 0.717) is 23.7 Å². The van der Waals surface area contributed by atoms with Crippen molar-refractivity contribution in [3.05, 3.63) is 41.2 Å². The summed E-state index contributed by atoms with van der Waals surface area (Å²) in [7, 11) is 3.36. The van der Waals surface area contributed by atoms with Gasteiger partial charge in [-0.25, -0.2) is 9.50 Å². The van der Waals surface area contributed by atoms with E-state index in [0.717, 1.165) is 22.5 Å². The number of nitrogens with zero attached hydrogens (tertiary/aromatic N) is 5. The lowest BCUT2D eigenvalue weighted by molar-refractivity contribution is -0.115. The second-order valence-corrected chi connectivity index (χ2v) is 6.56. The summed E-state index contributed by atoms with van der Waals surface area (Å²) in [6.45, 7) is 5.60. The van der Waals surface area contributed by atoms with E-state index in [9.17, 15) is 9.59 Å². The van der Waals surface area contributed by atoms with Gasteiger partial charge >= 0.3 is 0 Å². The largest absolute Gasteiger partial charge is 0.343 e. The van der Waals surface area contributed by atoms with Crippen molar-refractivity contribution in [1.29, 1.82) is 0 Å². The minimum atomic E-state index is -0.183. The first-order valence-corrected chi connectivity index (χ1v) is 8.67. The first-order chi connectivity index (χ1) is 12.8. The summed E-state index contributed by atoms with van der Waals surface area (Å²) in [5, 5.41) is 7.36. The van der Waals surface area contributed by atoms with Crippen LogP contribution in [0.5, 0.6) is 0 Å². The van der Waals surface area contributed by atoms with E-state index < -0.39 is 0 Å². The third-order valence-corrected chi connectivity index (χ3v) is 4.19. The molecule has 0 spiro atoms. The maximum absolute atomic E-state index is 12.2. The van der Waals surface area contributed by atoms with Gasteiger partial charge in [0, 0.05) is 37.5 Å². The Balaban J connectivity index is 2.01. The van der Waals surface area contributed by atoms with E-state index in [-0.39, 0.29) is 11.8 Å². The molecule has 140 valence electrons. The lowest BCUT2D eigenvalue weighted by atomic mass is 10.1. The first kappa shape index (κ1) is 18.5. The van der Waals surface area contributed by atoms with E-state index in [1.54, 1.807) is 24.7 Å². The van der Waals surface area contributed by atoms with Gasteiger partial charge in [0.2, 0.25) is 5.91 Å². The van der Waals surface area contributed by atoms with Crippen LogP contribution in [0.4, 0.5) is 5.69 Å². The molecule has 2 heterocycles. The molecule has 0 aliphatic carbocycles. The van der Waals surface area contributed by atoms with Gasteiger partial charge in [-0.15, -0.1) is 5.10 Å². The highest BCUT2D eigenvalue weighted by Gasteiger charge is 2.16. The molecule has 2 aromatic heterocycles. The van der Waals surface area contributed by atoms with Gasteiger partial charge in [-0.2, -0.15) is 4.98 Å². The maximum Gasteiger partial charge on any atom is 0.272 e. The highest BCUT2D eigenvalue weighted by Crippen LogP contribution is 2.24. The van der Waals surface area contributed by atoms with Crippen molar-refractivity contribution in [2.45, 2.75) is 27.2 Å². The van der Waals surface area contributed by atoms with Gasteiger partial charge in [-0.1, -0.05) is 6.92 Å². The van der Waals surface area contributed by atoms with Crippen LogP contribution >= 0.6 is 0 Å². The van der Waals surface area contributed by atoms with Crippen LogP contribution in [0.2, 0.25) is 0 Å². The Hall–Kier alpha value is -3.29. The zero-order valence-corrected chi connectivity index (χ0v) is 16.1. The van der Waals surface area contributed by atoms with Crippen LogP contribution in [0, 0.1) is 13.8 Å². The number of fused-ring (bicyclic) bond motifs is 1. The van der Waals surface area contributed by atoms with Crippen LogP contribution in [0.3, 0.4) is 0 Å². The van der Waals surface area contributed by atoms with Gasteiger partial charge in [0.15, 0.2) is 5.82 Å². The van der Waals surface area contributed by atoms with Crippen LogP contribution in [-0.4, -0.2) is 50.4 Å². The van der Waals surface area contributed by atoms with Crippen LogP contribution in [0.15, 0.2) is 24.3 Å². The highest BCUT2D eigenvalue weighted by atomic mass is 16.2. The monoisotopic (exact) mass is 366 g/mol. The number of benzene rings is 1. The summed E-state index contributed by atoms with van der Waals surface area (Å²) in [5.41, 5.74) is 3.61.